The van der Waals surface area contributed by atoms with Crippen molar-refractivity contribution in [2.75, 3.05) is 19.8 Å². The van der Waals surface area contributed by atoms with Crippen LogP contribution >= 0.6 is 0 Å². The van der Waals surface area contributed by atoms with Crippen LogP contribution in [0.1, 0.15) is 23.7 Å². The van der Waals surface area contributed by atoms with Gasteiger partial charge in [0, 0.05) is 18.2 Å². The summed E-state index contributed by atoms with van der Waals surface area (Å²) in [6.07, 6.45) is 0.883. The van der Waals surface area contributed by atoms with Crippen LogP contribution in [0.15, 0.2) is 59.4 Å². The third-order valence-electron chi connectivity index (χ3n) is 5.19. The minimum Gasteiger partial charge on any atom is -0.377 e. The molecule has 0 bridgehead atoms. The van der Waals surface area contributed by atoms with E-state index in [2.05, 4.69) is 17.1 Å². The van der Waals surface area contributed by atoms with Gasteiger partial charge in [-0.2, -0.15) is 0 Å². The van der Waals surface area contributed by atoms with Crippen molar-refractivity contribution in [2.45, 2.75) is 19.4 Å². The average molecular weight is 377 g/mol. The van der Waals surface area contributed by atoms with Gasteiger partial charge in [-0.05, 0) is 35.2 Å². The Bertz CT molecular complexity index is 1020. The molecule has 1 aromatic heterocycles. The number of benzene rings is 2. The molecular formula is C22H23N3O3. The molecule has 1 fully saturated rings. The molecule has 4 rings (SSSR count). The van der Waals surface area contributed by atoms with Crippen molar-refractivity contribution in [3.63, 3.8) is 0 Å². The van der Waals surface area contributed by atoms with Gasteiger partial charge >= 0.3 is 0 Å². The molecule has 2 aromatic carbocycles. The van der Waals surface area contributed by atoms with Crippen molar-refractivity contribution in [3.8, 4) is 22.4 Å². The van der Waals surface area contributed by atoms with Crippen molar-refractivity contribution in [1.82, 2.24) is 15.1 Å². The summed E-state index contributed by atoms with van der Waals surface area (Å²) in [7, 11) is 0. The van der Waals surface area contributed by atoms with Gasteiger partial charge in [0.15, 0.2) is 0 Å². The summed E-state index contributed by atoms with van der Waals surface area (Å²) in [5.41, 5.74) is 4.22. The molecule has 2 N–H and O–H groups in total. The van der Waals surface area contributed by atoms with Crippen LogP contribution in [0.4, 0.5) is 0 Å². The second-order valence-corrected chi connectivity index (χ2v) is 6.97. The fraction of sp³-hybridized carbons (Fsp3) is 0.273. The Kier molecular flexibility index (Phi) is 5.12. The first-order chi connectivity index (χ1) is 13.7. The number of aromatic amines is 2. The van der Waals surface area contributed by atoms with E-state index in [1.54, 1.807) is 0 Å². The zero-order valence-electron chi connectivity index (χ0n) is 15.8. The number of carbonyl (C=O) groups is 1. The summed E-state index contributed by atoms with van der Waals surface area (Å²) >= 11 is 0. The molecule has 0 radical (unpaired) electrons. The van der Waals surface area contributed by atoms with Gasteiger partial charge in [0.1, 0.15) is 0 Å². The molecule has 0 aliphatic carbocycles. The number of H-pyrrole nitrogens is 2. The molecule has 1 aliphatic rings. The number of amides is 1. The molecule has 6 heteroatoms. The molecule has 144 valence electrons. The van der Waals surface area contributed by atoms with E-state index in [1.165, 1.54) is 6.07 Å². The van der Waals surface area contributed by atoms with Gasteiger partial charge in [-0.15, -0.1) is 0 Å². The van der Waals surface area contributed by atoms with Crippen LogP contribution < -0.4 is 5.56 Å². The summed E-state index contributed by atoms with van der Waals surface area (Å²) in [5.74, 6) is 0.0542. The van der Waals surface area contributed by atoms with Gasteiger partial charge in [0.2, 0.25) is 0 Å². The van der Waals surface area contributed by atoms with Crippen molar-refractivity contribution in [2.24, 2.45) is 0 Å². The second kappa shape index (κ2) is 7.86. The van der Waals surface area contributed by atoms with Gasteiger partial charge in [-0.1, -0.05) is 43.3 Å². The fourth-order valence-electron chi connectivity index (χ4n) is 3.59. The molecule has 1 atom stereocenters. The van der Waals surface area contributed by atoms with Crippen LogP contribution in [0, 0.1) is 0 Å². The highest BCUT2D eigenvalue weighted by Gasteiger charge is 2.26. The Hall–Kier alpha value is -3.12. The number of nitrogens with one attached hydrogen (secondary N) is 2. The third kappa shape index (κ3) is 3.64. The summed E-state index contributed by atoms with van der Waals surface area (Å²) in [6.45, 7) is 3.90. The van der Waals surface area contributed by atoms with E-state index in [1.807, 2.05) is 53.4 Å². The molecule has 6 nitrogen and oxygen atoms in total. The highest BCUT2D eigenvalue weighted by Crippen LogP contribution is 2.25. The zero-order valence-corrected chi connectivity index (χ0v) is 15.8. The van der Waals surface area contributed by atoms with E-state index in [0.717, 1.165) is 28.8 Å². The highest BCUT2D eigenvalue weighted by molar-refractivity contribution is 5.95. The molecule has 1 saturated heterocycles. The van der Waals surface area contributed by atoms with Crippen molar-refractivity contribution < 1.29 is 9.53 Å². The summed E-state index contributed by atoms with van der Waals surface area (Å²) < 4.78 is 5.51. The van der Waals surface area contributed by atoms with Crippen LogP contribution in [0.5, 0.6) is 0 Å². The number of nitrogens with zero attached hydrogens (tertiary/aromatic N) is 1. The van der Waals surface area contributed by atoms with E-state index >= 15 is 0 Å². The van der Waals surface area contributed by atoms with Crippen LogP contribution in [0.25, 0.3) is 22.4 Å². The van der Waals surface area contributed by atoms with E-state index in [4.69, 9.17) is 4.74 Å². The molecule has 1 amide bonds. The van der Waals surface area contributed by atoms with E-state index in [0.29, 0.717) is 25.3 Å². The first-order valence-electron chi connectivity index (χ1n) is 9.53. The minimum atomic E-state index is -0.154. The van der Waals surface area contributed by atoms with E-state index < -0.39 is 0 Å². The number of aromatic nitrogens is 2. The van der Waals surface area contributed by atoms with Gasteiger partial charge in [-0.25, -0.2) is 0 Å². The minimum absolute atomic E-state index is 0.0542. The van der Waals surface area contributed by atoms with Crippen molar-refractivity contribution in [3.05, 3.63) is 70.5 Å². The maximum Gasteiger partial charge on any atom is 0.264 e. The largest absolute Gasteiger partial charge is 0.377 e. The van der Waals surface area contributed by atoms with Gasteiger partial charge < -0.3 is 9.64 Å². The highest BCUT2D eigenvalue weighted by atomic mass is 16.5. The van der Waals surface area contributed by atoms with Gasteiger partial charge in [-0.3, -0.25) is 19.8 Å². The van der Waals surface area contributed by atoms with Gasteiger partial charge in [0.25, 0.3) is 11.5 Å². The van der Waals surface area contributed by atoms with Gasteiger partial charge in [0.05, 0.1) is 24.9 Å². The summed E-state index contributed by atoms with van der Waals surface area (Å²) in [6, 6.07) is 17.3. The Balaban J connectivity index is 1.58. The summed E-state index contributed by atoms with van der Waals surface area (Å²) in [4.78, 5) is 26.2. The molecule has 3 aromatic rings. The Labute approximate surface area is 163 Å². The lowest BCUT2D eigenvalue weighted by atomic mass is 10.00. The first-order valence-corrected chi connectivity index (χ1v) is 9.53. The Morgan fingerprint density at radius 2 is 1.86 bits per heavy atom. The van der Waals surface area contributed by atoms with Crippen molar-refractivity contribution in [1.29, 1.82) is 0 Å². The Morgan fingerprint density at radius 3 is 2.57 bits per heavy atom. The average Bonchev–Trinajstić information content (AvgIpc) is 3.19. The lowest BCUT2D eigenvalue weighted by Crippen LogP contribution is -2.48. The third-order valence-corrected chi connectivity index (χ3v) is 5.19. The zero-order chi connectivity index (χ0) is 19.5. The smallest absolute Gasteiger partial charge is 0.264 e. The lowest BCUT2D eigenvalue weighted by Gasteiger charge is -2.35. The number of morpholine rings is 1. The quantitative estimate of drug-likeness (QED) is 0.732. The fourth-order valence-corrected chi connectivity index (χ4v) is 3.59. The predicted molar refractivity (Wildman–Crippen MR) is 108 cm³/mol. The van der Waals surface area contributed by atoms with E-state index in [9.17, 15) is 9.59 Å². The number of carbonyl (C=O) groups excluding carboxylic acids is 1. The van der Waals surface area contributed by atoms with Crippen LogP contribution in [0.3, 0.4) is 0 Å². The standard InChI is InChI=1S/C22H23N3O3/c1-2-19-14-28-11-10-25(19)22(27)18-5-3-4-17(12-18)15-6-8-16(9-7-15)20-13-21(26)24-23-20/h3-9,12-13,19H,2,10-11,14H2,1H3,(H2,23,24,26). The van der Waals surface area contributed by atoms with Crippen LogP contribution in [0.2, 0.25) is 0 Å². The SMILES string of the molecule is CCC1COCCN1C(=O)c1cccc(-c2ccc(-c3cc(=O)[nH][nH]3)cc2)c1. The lowest BCUT2D eigenvalue weighted by molar-refractivity contribution is -0.00279. The molecule has 1 aliphatic heterocycles. The van der Waals surface area contributed by atoms with Crippen LogP contribution in [-0.2, 0) is 4.74 Å². The molecule has 1 unspecified atom stereocenters. The number of rotatable bonds is 4. The summed E-state index contributed by atoms with van der Waals surface area (Å²) in [5, 5.41) is 5.39. The molecule has 0 spiro atoms. The normalized spacial score (nSPS) is 16.9. The number of hydrogen-bond donors (Lipinski definition) is 2. The molecule has 2 heterocycles. The topological polar surface area (TPSA) is 78.2 Å². The molecule has 28 heavy (non-hydrogen) atoms. The maximum atomic E-state index is 13.0. The molecular weight excluding hydrogens is 354 g/mol. The monoisotopic (exact) mass is 377 g/mol. The van der Waals surface area contributed by atoms with E-state index in [-0.39, 0.29) is 17.5 Å². The first kappa shape index (κ1) is 18.3. The maximum absolute atomic E-state index is 13.0. The predicted octanol–water partition coefficient (Wildman–Crippen LogP) is 3.29. The number of ether oxygens (including phenoxy) is 1. The second-order valence-electron chi connectivity index (χ2n) is 6.97. The number of hydrogen-bond acceptors (Lipinski definition) is 3. The van der Waals surface area contributed by atoms with Crippen molar-refractivity contribution >= 4 is 5.91 Å². The Morgan fingerprint density at radius 1 is 1.07 bits per heavy atom. The van der Waals surface area contributed by atoms with Crippen LogP contribution in [-0.4, -0.2) is 46.8 Å². The molecule has 0 saturated carbocycles.